The van der Waals surface area contributed by atoms with Crippen LogP contribution in [0.4, 0.5) is 4.79 Å². The van der Waals surface area contributed by atoms with Crippen molar-refractivity contribution in [2.75, 3.05) is 37.7 Å². The van der Waals surface area contributed by atoms with Crippen LogP contribution >= 0.6 is 0 Å². The van der Waals surface area contributed by atoms with Crippen molar-refractivity contribution < 1.29 is 27.5 Å². The highest BCUT2D eigenvalue weighted by Crippen LogP contribution is 2.20. The molecule has 2 atom stereocenters. The minimum Gasteiger partial charge on any atom is -0.444 e. The van der Waals surface area contributed by atoms with Crippen LogP contribution in [0.25, 0.3) is 0 Å². The topological polar surface area (TPSA) is 113 Å². The maximum absolute atomic E-state index is 12.6. The third kappa shape index (κ3) is 6.35. The van der Waals surface area contributed by atoms with Crippen molar-refractivity contribution in [1.82, 2.24) is 15.1 Å². The highest BCUT2D eigenvalue weighted by Gasteiger charge is 2.33. The Labute approximate surface area is 166 Å². The van der Waals surface area contributed by atoms with E-state index in [9.17, 15) is 22.8 Å². The third-order valence-electron chi connectivity index (χ3n) is 4.83. The molecule has 9 nitrogen and oxygen atoms in total. The Morgan fingerprint density at radius 1 is 1.07 bits per heavy atom. The van der Waals surface area contributed by atoms with Gasteiger partial charge in [0.1, 0.15) is 11.6 Å². The van der Waals surface area contributed by atoms with E-state index in [1.807, 2.05) is 0 Å². The van der Waals surface area contributed by atoms with Gasteiger partial charge in [0, 0.05) is 26.2 Å². The number of hydrogen-bond acceptors (Lipinski definition) is 6. The highest BCUT2D eigenvalue weighted by atomic mass is 32.2. The molecule has 1 N–H and O–H groups in total. The summed E-state index contributed by atoms with van der Waals surface area (Å²) in [7, 11) is -3.07. The van der Waals surface area contributed by atoms with Crippen molar-refractivity contribution in [3.63, 3.8) is 0 Å². The lowest BCUT2D eigenvalue weighted by Gasteiger charge is -2.34. The van der Waals surface area contributed by atoms with E-state index >= 15 is 0 Å². The fourth-order valence-electron chi connectivity index (χ4n) is 3.28. The zero-order valence-corrected chi connectivity index (χ0v) is 17.9. The van der Waals surface area contributed by atoms with Crippen molar-refractivity contribution in [3.8, 4) is 0 Å². The Balaban J connectivity index is 1.87. The first-order valence-electron chi connectivity index (χ1n) is 9.65. The van der Waals surface area contributed by atoms with E-state index < -0.39 is 33.5 Å². The number of nitrogens with zero attached hydrogens (tertiary/aromatic N) is 2. The molecule has 2 heterocycles. The van der Waals surface area contributed by atoms with Crippen LogP contribution in [0.15, 0.2) is 0 Å². The van der Waals surface area contributed by atoms with Crippen LogP contribution < -0.4 is 5.32 Å². The van der Waals surface area contributed by atoms with E-state index in [1.165, 1.54) is 9.80 Å². The van der Waals surface area contributed by atoms with Gasteiger partial charge in [-0.3, -0.25) is 9.59 Å². The van der Waals surface area contributed by atoms with Crippen LogP contribution in [-0.2, 0) is 24.2 Å². The Bertz CT molecular complexity index is 701. The second kappa shape index (κ2) is 8.67. The average Bonchev–Trinajstić information content (AvgIpc) is 2.59. The van der Waals surface area contributed by atoms with E-state index in [2.05, 4.69) is 5.32 Å². The number of nitrogens with one attached hydrogen (secondary N) is 1. The molecule has 2 unspecified atom stereocenters. The lowest BCUT2D eigenvalue weighted by atomic mass is 9.97. The minimum atomic E-state index is -3.07. The Morgan fingerprint density at radius 2 is 1.68 bits per heavy atom. The number of piperidine rings is 1. The predicted octanol–water partition coefficient (Wildman–Crippen LogP) is 0.395. The second-order valence-electron chi connectivity index (χ2n) is 8.47. The molecular weight excluding hydrogens is 386 g/mol. The zero-order valence-electron chi connectivity index (χ0n) is 17.1. The van der Waals surface area contributed by atoms with E-state index in [0.29, 0.717) is 19.4 Å². The number of hydrogen-bond donors (Lipinski definition) is 1. The molecule has 0 radical (unpaired) electrons. The quantitative estimate of drug-likeness (QED) is 0.711. The summed E-state index contributed by atoms with van der Waals surface area (Å²) < 4.78 is 28.4. The van der Waals surface area contributed by atoms with Gasteiger partial charge in [-0.25, -0.2) is 13.2 Å². The van der Waals surface area contributed by atoms with Crippen molar-refractivity contribution in [2.24, 2.45) is 5.92 Å². The van der Waals surface area contributed by atoms with Crippen LogP contribution in [-0.4, -0.2) is 85.5 Å². The molecule has 2 saturated heterocycles. The largest absolute Gasteiger partial charge is 0.444 e. The fraction of sp³-hybridized carbons (Fsp3) is 0.833. The first-order valence-corrected chi connectivity index (χ1v) is 11.5. The summed E-state index contributed by atoms with van der Waals surface area (Å²) in [6.45, 7) is 8.06. The SMILES string of the molecule is CC(NC(=O)C1CCCN(C(=O)OC(C)(C)C)C1)C(=O)N1CCS(=O)(=O)CC1. The molecule has 3 amide bonds. The molecule has 2 aliphatic heterocycles. The van der Waals surface area contributed by atoms with Crippen molar-refractivity contribution in [1.29, 1.82) is 0 Å². The van der Waals surface area contributed by atoms with Gasteiger partial charge in [0.2, 0.25) is 11.8 Å². The summed E-state index contributed by atoms with van der Waals surface area (Å²) in [5.74, 6) is -1.07. The zero-order chi connectivity index (χ0) is 21.1. The number of sulfone groups is 1. The summed E-state index contributed by atoms with van der Waals surface area (Å²) in [5, 5.41) is 2.72. The van der Waals surface area contributed by atoms with Gasteiger partial charge in [0.05, 0.1) is 17.4 Å². The van der Waals surface area contributed by atoms with Crippen LogP contribution in [0.1, 0.15) is 40.5 Å². The number of likely N-dealkylation sites (tertiary alicyclic amines) is 1. The van der Waals surface area contributed by atoms with E-state index in [4.69, 9.17) is 4.74 Å². The van der Waals surface area contributed by atoms with Gasteiger partial charge in [0.15, 0.2) is 9.84 Å². The van der Waals surface area contributed by atoms with E-state index in [0.717, 1.165) is 0 Å². The van der Waals surface area contributed by atoms with E-state index in [-0.39, 0.29) is 43.0 Å². The standard InChI is InChI=1S/C18H31N3O6S/c1-13(16(23)20-8-10-28(25,26)11-9-20)19-15(22)14-6-5-7-21(12-14)17(24)27-18(2,3)4/h13-14H,5-12H2,1-4H3,(H,19,22). The maximum Gasteiger partial charge on any atom is 0.410 e. The lowest BCUT2D eigenvalue weighted by molar-refractivity contribution is -0.137. The Kier molecular flexibility index (Phi) is 6.95. The molecule has 0 bridgehead atoms. The molecule has 10 heteroatoms. The lowest BCUT2D eigenvalue weighted by Crippen LogP contribution is -2.54. The predicted molar refractivity (Wildman–Crippen MR) is 103 cm³/mol. The van der Waals surface area contributed by atoms with Gasteiger partial charge in [-0.1, -0.05) is 0 Å². The normalized spacial score (nSPS) is 23.6. The van der Waals surface area contributed by atoms with Crippen LogP contribution in [0.3, 0.4) is 0 Å². The van der Waals surface area contributed by atoms with Gasteiger partial charge in [-0.2, -0.15) is 0 Å². The summed E-state index contributed by atoms with van der Waals surface area (Å²) in [6.07, 6.45) is 0.876. The number of rotatable bonds is 3. The molecular formula is C18H31N3O6S. The first kappa shape index (κ1) is 22.4. The monoisotopic (exact) mass is 417 g/mol. The number of carbonyl (C=O) groups excluding carboxylic acids is 3. The molecule has 0 aliphatic carbocycles. The number of ether oxygens (including phenoxy) is 1. The van der Waals surface area contributed by atoms with Gasteiger partial charge in [-0.15, -0.1) is 0 Å². The van der Waals surface area contributed by atoms with Gasteiger partial charge >= 0.3 is 6.09 Å². The Hall–Kier alpha value is -1.84. The summed E-state index contributed by atoms with van der Waals surface area (Å²) in [6, 6.07) is -0.745. The summed E-state index contributed by atoms with van der Waals surface area (Å²) in [4.78, 5) is 40.3. The van der Waals surface area contributed by atoms with Crippen LogP contribution in [0, 0.1) is 5.92 Å². The van der Waals surface area contributed by atoms with Crippen molar-refractivity contribution in [2.45, 2.75) is 52.2 Å². The van der Waals surface area contributed by atoms with Gasteiger partial charge < -0.3 is 19.9 Å². The Morgan fingerprint density at radius 3 is 2.25 bits per heavy atom. The van der Waals surface area contributed by atoms with E-state index in [1.54, 1.807) is 27.7 Å². The fourth-order valence-corrected chi connectivity index (χ4v) is 4.48. The van der Waals surface area contributed by atoms with Crippen molar-refractivity contribution >= 4 is 27.7 Å². The van der Waals surface area contributed by atoms with Gasteiger partial charge in [0.25, 0.3) is 0 Å². The third-order valence-corrected chi connectivity index (χ3v) is 6.44. The van der Waals surface area contributed by atoms with Gasteiger partial charge in [-0.05, 0) is 40.5 Å². The molecule has 0 saturated carbocycles. The molecule has 0 spiro atoms. The highest BCUT2D eigenvalue weighted by molar-refractivity contribution is 7.91. The number of carbonyl (C=O) groups is 3. The summed E-state index contributed by atoms with van der Waals surface area (Å²) in [5.41, 5.74) is -0.602. The molecule has 0 aromatic carbocycles. The smallest absolute Gasteiger partial charge is 0.410 e. The summed E-state index contributed by atoms with van der Waals surface area (Å²) >= 11 is 0. The molecule has 28 heavy (non-hydrogen) atoms. The number of amides is 3. The minimum absolute atomic E-state index is 0.0487. The van der Waals surface area contributed by atoms with Crippen molar-refractivity contribution in [3.05, 3.63) is 0 Å². The second-order valence-corrected chi connectivity index (χ2v) is 10.8. The molecule has 160 valence electrons. The van der Waals surface area contributed by atoms with Crippen LogP contribution in [0.5, 0.6) is 0 Å². The van der Waals surface area contributed by atoms with Crippen LogP contribution in [0.2, 0.25) is 0 Å². The average molecular weight is 418 g/mol. The molecule has 2 fully saturated rings. The molecule has 0 aromatic heterocycles. The molecule has 0 aromatic rings. The molecule has 2 rings (SSSR count). The first-order chi connectivity index (χ1) is 12.9. The molecule has 2 aliphatic rings. The maximum atomic E-state index is 12.6.